The standard InChI is InChI=1S/C21H28ClNO/c1-2-3-4-5-10-15-23-16-18-11-7-9-14-21(18)24-17-19-12-6-8-13-20(19)22/h6-9,11-14,23H,2-5,10,15-17H2,1H3. The summed E-state index contributed by atoms with van der Waals surface area (Å²) in [5.74, 6) is 0.927. The van der Waals surface area contributed by atoms with E-state index in [2.05, 4.69) is 24.4 Å². The van der Waals surface area contributed by atoms with Crippen LogP contribution in [0, 0.1) is 0 Å². The summed E-state index contributed by atoms with van der Waals surface area (Å²) in [6, 6.07) is 16.0. The van der Waals surface area contributed by atoms with Gasteiger partial charge in [0.25, 0.3) is 0 Å². The molecule has 2 nitrogen and oxygen atoms in total. The number of hydrogen-bond acceptors (Lipinski definition) is 2. The largest absolute Gasteiger partial charge is 0.489 e. The van der Waals surface area contributed by atoms with E-state index in [0.29, 0.717) is 6.61 Å². The smallest absolute Gasteiger partial charge is 0.124 e. The zero-order valence-electron chi connectivity index (χ0n) is 14.6. The van der Waals surface area contributed by atoms with Crippen molar-refractivity contribution in [1.82, 2.24) is 5.32 Å². The molecular formula is C21H28ClNO. The molecule has 0 aliphatic rings. The van der Waals surface area contributed by atoms with E-state index in [1.165, 1.54) is 37.7 Å². The summed E-state index contributed by atoms with van der Waals surface area (Å²) in [7, 11) is 0. The van der Waals surface area contributed by atoms with Crippen molar-refractivity contribution < 1.29 is 4.74 Å². The topological polar surface area (TPSA) is 21.3 Å². The van der Waals surface area contributed by atoms with E-state index in [1.54, 1.807) is 0 Å². The van der Waals surface area contributed by atoms with Gasteiger partial charge < -0.3 is 10.1 Å². The first-order valence-electron chi connectivity index (χ1n) is 8.96. The Morgan fingerprint density at radius 3 is 2.38 bits per heavy atom. The minimum absolute atomic E-state index is 0.494. The monoisotopic (exact) mass is 345 g/mol. The third-order valence-electron chi connectivity index (χ3n) is 4.09. The van der Waals surface area contributed by atoms with Gasteiger partial charge in [-0.25, -0.2) is 0 Å². The first-order valence-corrected chi connectivity index (χ1v) is 9.34. The maximum Gasteiger partial charge on any atom is 0.124 e. The van der Waals surface area contributed by atoms with Crippen LogP contribution in [-0.2, 0) is 13.2 Å². The van der Waals surface area contributed by atoms with Gasteiger partial charge in [-0.3, -0.25) is 0 Å². The third kappa shape index (κ3) is 6.54. The van der Waals surface area contributed by atoms with E-state index in [1.807, 2.05) is 36.4 Å². The van der Waals surface area contributed by atoms with Crippen LogP contribution in [0.2, 0.25) is 5.02 Å². The predicted octanol–water partition coefficient (Wildman–Crippen LogP) is 5.98. The van der Waals surface area contributed by atoms with Crippen molar-refractivity contribution in [3.05, 3.63) is 64.7 Å². The summed E-state index contributed by atoms with van der Waals surface area (Å²) < 4.78 is 5.99. The second-order valence-electron chi connectivity index (χ2n) is 6.08. The first kappa shape index (κ1) is 18.8. The Morgan fingerprint density at radius 1 is 0.875 bits per heavy atom. The summed E-state index contributed by atoms with van der Waals surface area (Å²) >= 11 is 6.19. The number of halogens is 1. The Balaban J connectivity index is 1.78. The lowest BCUT2D eigenvalue weighted by molar-refractivity contribution is 0.302. The molecule has 0 heterocycles. The molecule has 0 aliphatic heterocycles. The van der Waals surface area contributed by atoms with Gasteiger partial charge in [-0.15, -0.1) is 0 Å². The van der Waals surface area contributed by atoms with Crippen LogP contribution in [0.5, 0.6) is 5.75 Å². The number of para-hydroxylation sites is 1. The number of unbranched alkanes of at least 4 members (excludes halogenated alkanes) is 4. The molecule has 3 heteroatoms. The molecule has 0 saturated carbocycles. The number of hydrogen-bond donors (Lipinski definition) is 1. The fraction of sp³-hybridized carbons (Fsp3) is 0.429. The Bertz CT molecular complexity index is 600. The number of rotatable bonds is 11. The van der Waals surface area contributed by atoms with E-state index < -0.39 is 0 Å². The van der Waals surface area contributed by atoms with Crippen molar-refractivity contribution in [3.8, 4) is 5.75 Å². The normalized spacial score (nSPS) is 10.8. The Kier molecular flexibility index (Phi) is 8.72. The van der Waals surface area contributed by atoms with Gasteiger partial charge in [0.15, 0.2) is 0 Å². The molecule has 1 N–H and O–H groups in total. The van der Waals surface area contributed by atoms with Gasteiger partial charge >= 0.3 is 0 Å². The van der Waals surface area contributed by atoms with Crippen LogP contribution in [0.3, 0.4) is 0 Å². The lowest BCUT2D eigenvalue weighted by Crippen LogP contribution is -2.15. The van der Waals surface area contributed by atoms with Crippen LogP contribution in [-0.4, -0.2) is 6.54 Å². The third-order valence-corrected chi connectivity index (χ3v) is 4.45. The molecule has 0 saturated heterocycles. The SMILES string of the molecule is CCCCCCCNCc1ccccc1OCc1ccccc1Cl. The highest BCUT2D eigenvalue weighted by molar-refractivity contribution is 6.31. The van der Waals surface area contributed by atoms with Gasteiger partial charge in [0.05, 0.1) is 0 Å². The zero-order valence-corrected chi connectivity index (χ0v) is 15.3. The van der Waals surface area contributed by atoms with Gasteiger partial charge in [0.1, 0.15) is 12.4 Å². The van der Waals surface area contributed by atoms with E-state index >= 15 is 0 Å². The summed E-state index contributed by atoms with van der Waals surface area (Å²) in [5.41, 5.74) is 2.20. The van der Waals surface area contributed by atoms with Crippen molar-refractivity contribution in [3.63, 3.8) is 0 Å². The molecule has 2 aromatic carbocycles. The summed E-state index contributed by atoms with van der Waals surface area (Å²) in [5, 5.41) is 4.27. The van der Waals surface area contributed by atoms with Crippen molar-refractivity contribution in [1.29, 1.82) is 0 Å². The minimum atomic E-state index is 0.494. The van der Waals surface area contributed by atoms with Gasteiger partial charge in [0, 0.05) is 22.7 Å². The lowest BCUT2D eigenvalue weighted by Gasteiger charge is -2.13. The molecule has 0 fully saturated rings. The van der Waals surface area contributed by atoms with Crippen LogP contribution in [0.1, 0.15) is 50.2 Å². The van der Waals surface area contributed by atoms with Gasteiger partial charge in [-0.1, -0.05) is 80.6 Å². The molecular weight excluding hydrogens is 318 g/mol. The second kappa shape index (κ2) is 11.1. The van der Waals surface area contributed by atoms with Gasteiger partial charge in [-0.2, -0.15) is 0 Å². The van der Waals surface area contributed by atoms with Crippen LogP contribution >= 0.6 is 11.6 Å². The van der Waals surface area contributed by atoms with Crippen molar-refractivity contribution in [2.24, 2.45) is 0 Å². The zero-order chi connectivity index (χ0) is 17.0. The highest BCUT2D eigenvalue weighted by atomic mass is 35.5. The maximum absolute atomic E-state index is 6.19. The highest BCUT2D eigenvalue weighted by Crippen LogP contribution is 2.21. The van der Waals surface area contributed by atoms with Crippen molar-refractivity contribution in [2.75, 3.05) is 6.54 Å². The quantitative estimate of drug-likeness (QED) is 0.506. The Hall–Kier alpha value is -1.51. The second-order valence-corrected chi connectivity index (χ2v) is 6.49. The van der Waals surface area contributed by atoms with Crippen LogP contribution in [0.15, 0.2) is 48.5 Å². The molecule has 24 heavy (non-hydrogen) atoms. The minimum Gasteiger partial charge on any atom is -0.489 e. The summed E-state index contributed by atoms with van der Waals surface area (Å²) in [6.07, 6.45) is 6.53. The summed E-state index contributed by atoms with van der Waals surface area (Å²) in [4.78, 5) is 0. The maximum atomic E-state index is 6.19. The van der Waals surface area contributed by atoms with Crippen molar-refractivity contribution in [2.45, 2.75) is 52.2 Å². The fourth-order valence-electron chi connectivity index (χ4n) is 2.64. The highest BCUT2D eigenvalue weighted by Gasteiger charge is 2.05. The van der Waals surface area contributed by atoms with E-state index in [9.17, 15) is 0 Å². The van der Waals surface area contributed by atoms with Gasteiger partial charge in [0.2, 0.25) is 0 Å². The molecule has 0 unspecified atom stereocenters. The number of nitrogens with one attached hydrogen (secondary N) is 1. The van der Waals surface area contributed by atoms with Crippen molar-refractivity contribution >= 4 is 11.6 Å². The number of ether oxygens (including phenoxy) is 1. The fourth-order valence-corrected chi connectivity index (χ4v) is 2.83. The average Bonchev–Trinajstić information content (AvgIpc) is 2.61. The molecule has 130 valence electrons. The molecule has 0 bridgehead atoms. The predicted molar refractivity (Wildman–Crippen MR) is 103 cm³/mol. The van der Waals surface area contributed by atoms with Gasteiger partial charge in [-0.05, 0) is 25.1 Å². The lowest BCUT2D eigenvalue weighted by atomic mass is 10.1. The molecule has 0 aromatic heterocycles. The molecule has 0 atom stereocenters. The van der Waals surface area contributed by atoms with E-state index in [0.717, 1.165) is 29.4 Å². The average molecular weight is 346 g/mol. The van der Waals surface area contributed by atoms with Crippen LogP contribution < -0.4 is 10.1 Å². The molecule has 2 rings (SSSR count). The van der Waals surface area contributed by atoms with Crippen LogP contribution in [0.4, 0.5) is 0 Å². The number of benzene rings is 2. The van der Waals surface area contributed by atoms with Crippen LogP contribution in [0.25, 0.3) is 0 Å². The van der Waals surface area contributed by atoms with E-state index in [4.69, 9.17) is 16.3 Å². The van der Waals surface area contributed by atoms with E-state index in [-0.39, 0.29) is 0 Å². The first-order chi connectivity index (χ1) is 11.8. The molecule has 0 aliphatic carbocycles. The molecule has 2 aromatic rings. The Morgan fingerprint density at radius 2 is 1.58 bits per heavy atom. The molecule has 0 radical (unpaired) electrons. The molecule has 0 spiro atoms. The molecule has 0 amide bonds. The Labute approximate surface area is 151 Å². The summed E-state index contributed by atoms with van der Waals surface area (Å²) in [6.45, 7) is 4.64.